The summed E-state index contributed by atoms with van der Waals surface area (Å²) in [5.74, 6) is -1.26. The van der Waals surface area contributed by atoms with Crippen LogP contribution >= 0.6 is 0 Å². The number of ether oxygens (including phenoxy) is 1. The van der Waals surface area contributed by atoms with Crippen molar-refractivity contribution in [3.05, 3.63) is 47.9 Å². The molecule has 2 heterocycles. The predicted octanol–water partition coefficient (Wildman–Crippen LogP) is 3.41. The van der Waals surface area contributed by atoms with Crippen LogP contribution in [0.1, 0.15) is 11.3 Å². The van der Waals surface area contributed by atoms with Gasteiger partial charge in [-0.15, -0.1) is 0 Å². The number of aromatic nitrogens is 2. The maximum absolute atomic E-state index is 12.2. The minimum atomic E-state index is -4.52. The molecule has 10 heteroatoms. The number of benzene rings is 1. The Hall–Kier alpha value is -3.30. The number of nitrogens with zero attached hydrogens (tertiary/aromatic N) is 2. The molecule has 0 aliphatic rings. The number of rotatable bonds is 3. The number of fused-ring (bicyclic) bond motifs is 1. The number of phenolic OH excluding ortho intramolecular Hbond substituents is 1. The number of hydrogen-bond donors (Lipinski definition) is 2. The highest BCUT2D eigenvalue weighted by atomic mass is 19.4. The van der Waals surface area contributed by atoms with Crippen molar-refractivity contribution < 1.29 is 37.4 Å². The number of aliphatic carboxylic acids is 1. The molecule has 2 aromatic heterocycles. The normalized spacial score (nSPS) is 10.9. The number of hydrogen-bond acceptors (Lipinski definition) is 6. The van der Waals surface area contributed by atoms with Gasteiger partial charge in [-0.1, -0.05) is 5.16 Å². The zero-order valence-corrected chi connectivity index (χ0v) is 13.3. The van der Waals surface area contributed by atoms with Crippen LogP contribution in [-0.2, 0) is 11.0 Å². The van der Waals surface area contributed by atoms with Crippen molar-refractivity contribution >= 4 is 16.9 Å². The Bertz CT molecular complexity index is 908. The molecule has 3 rings (SSSR count). The minimum absolute atomic E-state index is 0.229. The molecule has 26 heavy (non-hydrogen) atoms. The van der Waals surface area contributed by atoms with Crippen molar-refractivity contribution in [2.45, 2.75) is 13.1 Å². The molecule has 0 saturated heterocycles. The molecule has 0 unspecified atom stereocenters. The Balaban J connectivity index is 0.000000195. The van der Waals surface area contributed by atoms with Gasteiger partial charge in [0.05, 0.1) is 17.5 Å². The molecule has 7 nitrogen and oxygen atoms in total. The SMILES string of the molecule is Cc1noc2ccc(O)cc12.O=C(O)COc1cncc(C(F)(F)F)c1. The van der Waals surface area contributed by atoms with Crippen molar-refractivity contribution in [2.24, 2.45) is 0 Å². The summed E-state index contributed by atoms with van der Waals surface area (Å²) in [6.45, 7) is 1.13. The fraction of sp³-hybridized carbons (Fsp3) is 0.188. The fourth-order valence-corrected chi connectivity index (χ4v) is 1.84. The summed E-state index contributed by atoms with van der Waals surface area (Å²) < 4.78 is 45.9. The van der Waals surface area contributed by atoms with Crippen molar-refractivity contribution in [3.8, 4) is 11.5 Å². The lowest BCUT2D eigenvalue weighted by molar-refractivity contribution is -0.139. The number of alkyl halides is 3. The average Bonchev–Trinajstić information content (AvgIpc) is 2.94. The molecular weight excluding hydrogens is 357 g/mol. The van der Waals surface area contributed by atoms with Gasteiger partial charge in [-0.05, 0) is 31.2 Å². The summed E-state index contributed by atoms with van der Waals surface area (Å²) in [6, 6.07) is 5.61. The van der Waals surface area contributed by atoms with Gasteiger partial charge in [-0.2, -0.15) is 13.2 Å². The van der Waals surface area contributed by atoms with Crippen LogP contribution in [-0.4, -0.2) is 32.9 Å². The number of aryl methyl sites for hydroxylation is 1. The second-order valence-corrected chi connectivity index (χ2v) is 5.04. The summed E-state index contributed by atoms with van der Waals surface area (Å²) in [7, 11) is 0. The van der Waals surface area contributed by atoms with Gasteiger partial charge < -0.3 is 19.5 Å². The van der Waals surface area contributed by atoms with Crippen LogP contribution in [0.15, 0.2) is 41.2 Å². The molecule has 0 radical (unpaired) electrons. The lowest BCUT2D eigenvalue weighted by Crippen LogP contribution is -2.11. The smallest absolute Gasteiger partial charge is 0.418 e. The van der Waals surface area contributed by atoms with E-state index in [4.69, 9.17) is 14.7 Å². The Kier molecular flexibility index (Phi) is 5.65. The summed E-state index contributed by atoms with van der Waals surface area (Å²) in [5.41, 5.74) is 0.529. The third kappa shape index (κ3) is 5.10. The van der Waals surface area contributed by atoms with Crippen molar-refractivity contribution in [3.63, 3.8) is 0 Å². The predicted molar refractivity (Wildman–Crippen MR) is 82.8 cm³/mol. The summed E-state index contributed by atoms with van der Waals surface area (Å²) in [4.78, 5) is 13.4. The summed E-state index contributed by atoms with van der Waals surface area (Å²) >= 11 is 0. The van der Waals surface area contributed by atoms with Gasteiger partial charge in [-0.25, -0.2) is 4.79 Å². The van der Waals surface area contributed by atoms with E-state index >= 15 is 0 Å². The maximum atomic E-state index is 12.2. The second-order valence-electron chi connectivity index (χ2n) is 5.04. The standard InChI is InChI=1S/C8H6F3NO3.C8H7NO2/c9-8(10,11)5-1-6(3-12-2-5)15-4-7(13)14;1-5-7-4-6(10)2-3-8(7)11-9-5/h1-3H,4H2,(H,13,14);2-4,10H,1H3. The lowest BCUT2D eigenvalue weighted by Gasteiger charge is -2.07. The van der Waals surface area contributed by atoms with Crippen LogP contribution in [0, 0.1) is 6.92 Å². The van der Waals surface area contributed by atoms with Gasteiger partial charge in [-0.3, -0.25) is 4.98 Å². The number of carbonyl (C=O) groups is 1. The Morgan fingerprint density at radius 1 is 1.27 bits per heavy atom. The van der Waals surface area contributed by atoms with Gasteiger partial charge in [0.1, 0.15) is 11.5 Å². The summed E-state index contributed by atoms with van der Waals surface area (Å²) in [5, 5.41) is 22.0. The van der Waals surface area contributed by atoms with Gasteiger partial charge >= 0.3 is 12.1 Å². The molecule has 0 spiro atoms. The largest absolute Gasteiger partial charge is 0.508 e. The Morgan fingerprint density at radius 2 is 2.00 bits per heavy atom. The molecule has 0 fully saturated rings. The fourth-order valence-electron chi connectivity index (χ4n) is 1.84. The van der Waals surface area contributed by atoms with Crippen LogP contribution in [0.4, 0.5) is 13.2 Å². The molecular formula is C16H13F3N2O5. The average molecular weight is 370 g/mol. The first-order chi connectivity index (χ1) is 12.2. The second kappa shape index (κ2) is 7.72. The van der Waals surface area contributed by atoms with E-state index < -0.39 is 24.3 Å². The number of aromatic hydroxyl groups is 1. The van der Waals surface area contributed by atoms with E-state index in [-0.39, 0.29) is 11.5 Å². The quantitative estimate of drug-likeness (QED) is 0.728. The van der Waals surface area contributed by atoms with Crippen LogP contribution < -0.4 is 4.74 Å². The molecule has 3 aromatic rings. The molecule has 0 aliphatic heterocycles. The highest BCUT2D eigenvalue weighted by Crippen LogP contribution is 2.30. The number of carboxylic acids is 1. The first-order valence-electron chi connectivity index (χ1n) is 7.08. The topological polar surface area (TPSA) is 106 Å². The van der Waals surface area contributed by atoms with E-state index in [1.54, 1.807) is 18.2 Å². The third-order valence-electron chi connectivity index (χ3n) is 3.04. The molecule has 0 aliphatic carbocycles. The highest BCUT2D eigenvalue weighted by molar-refractivity contribution is 5.80. The van der Waals surface area contributed by atoms with Crippen molar-refractivity contribution in [1.82, 2.24) is 10.1 Å². The van der Waals surface area contributed by atoms with E-state index in [2.05, 4.69) is 14.9 Å². The number of pyridine rings is 1. The summed E-state index contributed by atoms with van der Waals surface area (Å²) in [6.07, 6.45) is -2.87. The number of phenols is 1. The van der Waals surface area contributed by atoms with Gasteiger partial charge in [0.2, 0.25) is 0 Å². The highest BCUT2D eigenvalue weighted by Gasteiger charge is 2.31. The van der Waals surface area contributed by atoms with Crippen LogP contribution in [0.25, 0.3) is 11.0 Å². The van der Waals surface area contributed by atoms with Gasteiger partial charge in [0.15, 0.2) is 12.2 Å². The van der Waals surface area contributed by atoms with Crippen molar-refractivity contribution in [2.75, 3.05) is 6.61 Å². The van der Waals surface area contributed by atoms with E-state index in [1.807, 2.05) is 6.92 Å². The van der Waals surface area contributed by atoms with Crippen LogP contribution in [0.3, 0.4) is 0 Å². The zero-order valence-electron chi connectivity index (χ0n) is 13.3. The van der Waals surface area contributed by atoms with Crippen LogP contribution in [0.5, 0.6) is 11.5 Å². The monoisotopic (exact) mass is 370 g/mol. The molecule has 138 valence electrons. The van der Waals surface area contributed by atoms with Crippen molar-refractivity contribution in [1.29, 1.82) is 0 Å². The maximum Gasteiger partial charge on any atom is 0.418 e. The van der Waals surface area contributed by atoms with E-state index in [0.717, 1.165) is 17.3 Å². The Morgan fingerprint density at radius 3 is 2.65 bits per heavy atom. The van der Waals surface area contributed by atoms with E-state index in [0.29, 0.717) is 17.8 Å². The lowest BCUT2D eigenvalue weighted by atomic mass is 10.2. The minimum Gasteiger partial charge on any atom is -0.508 e. The first-order valence-corrected chi connectivity index (χ1v) is 7.08. The zero-order chi connectivity index (χ0) is 19.3. The van der Waals surface area contributed by atoms with E-state index in [9.17, 15) is 18.0 Å². The Labute approximate surface area is 144 Å². The molecule has 1 aromatic carbocycles. The number of carboxylic acid groups (broad SMARTS) is 1. The molecule has 2 N–H and O–H groups in total. The molecule has 0 atom stereocenters. The third-order valence-corrected chi connectivity index (χ3v) is 3.04. The van der Waals surface area contributed by atoms with E-state index in [1.165, 1.54) is 0 Å². The first kappa shape index (κ1) is 19.0. The number of halogens is 3. The molecule has 0 bridgehead atoms. The van der Waals surface area contributed by atoms with Gasteiger partial charge in [0.25, 0.3) is 0 Å². The van der Waals surface area contributed by atoms with Gasteiger partial charge in [0, 0.05) is 11.6 Å². The molecule has 0 amide bonds. The van der Waals surface area contributed by atoms with Crippen LogP contribution in [0.2, 0.25) is 0 Å². The molecule has 0 saturated carbocycles.